The van der Waals surface area contributed by atoms with Crippen molar-refractivity contribution >= 4 is 23.5 Å². The normalized spacial score (nSPS) is 25.4. The van der Waals surface area contributed by atoms with Gasteiger partial charge in [0.2, 0.25) is 5.91 Å². The summed E-state index contributed by atoms with van der Waals surface area (Å²) in [7, 11) is 0. The van der Waals surface area contributed by atoms with Crippen LogP contribution < -0.4 is 5.32 Å². The van der Waals surface area contributed by atoms with Gasteiger partial charge in [0, 0.05) is 61.2 Å². The molecule has 0 spiro atoms. The van der Waals surface area contributed by atoms with E-state index in [1.54, 1.807) is 12.1 Å². The molecule has 1 N–H and O–H groups in total. The maximum atomic E-state index is 14.2. The molecule has 1 saturated carbocycles. The van der Waals surface area contributed by atoms with Gasteiger partial charge in [0.15, 0.2) is 5.96 Å². The second-order valence-electron chi connectivity index (χ2n) is 8.23. The molecule has 3 fully saturated rings. The number of aliphatic imine (C=N–C) groups is 1. The number of benzene rings is 1. The molecule has 2 aliphatic heterocycles. The molecule has 1 aromatic rings. The molecule has 1 aromatic carbocycles. The Kier molecular flexibility index (Phi) is 6.78. The molecule has 0 radical (unpaired) electrons. The molecular weight excluding hydrogens is 407 g/mol. The molecular formula is C22H30ClFN4O2. The van der Waals surface area contributed by atoms with Crippen molar-refractivity contribution in [3.05, 3.63) is 34.6 Å². The molecule has 2 unspecified atom stereocenters. The van der Waals surface area contributed by atoms with Crippen molar-refractivity contribution in [3.63, 3.8) is 0 Å². The molecule has 30 heavy (non-hydrogen) atoms. The van der Waals surface area contributed by atoms with E-state index >= 15 is 0 Å². The van der Waals surface area contributed by atoms with Gasteiger partial charge in [-0.25, -0.2) is 4.39 Å². The molecule has 3 aliphatic rings. The number of piperidine rings is 1. The van der Waals surface area contributed by atoms with Crippen LogP contribution >= 0.6 is 11.6 Å². The first-order valence-corrected chi connectivity index (χ1v) is 11.3. The van der Waals surface area contributed by atoms with Gasteiger partial charge in [-0.1, -0.05) is 17.7 Å². The molecule has 1 amide bonds. The van der Waals surface area contributed by atoms with Gasteiger partial charge in [-0.2, -0.15) is 0 Å². The highest BCUT2D eigenvalue weighted by Crippen LogP contribution is 2.45. The number of likely N-dealkylation sites (tertiary alicyclic amines) is 1. The van der Waals surface area contributed by atoms with Crippen LogP contribution in [0.15, 0.2) is 23.2 Å². The highest BCUT2D eigenvalue weighted by atomic mass is 35.5. The standard InChI is InChI=1S/C22H30ClFN4O2/c1-2-25-22(26-19-14-16(19)20-17(23)4-3-5-18(20)24)28-8-6-15(7-9-28)21(29)27-10-12-30-13-11-27/h3-5,15-16,19H,2,6-14H2,1H3,(H,25,26). The third-order valence-electron chi connectivity index (χ3n) is 6.25. The second kappa shape index (κ2) is 9.52. The van der Waals surface area contributed by atoms with E-state index < -0.39 is 0 Å². The van der Waals surface area contributed by atoms with Crippen LogP contribution in [-0.2, 0) is 9.53 Å². The quantitative estimate of drug-likeness (QED) is 0.582. The number of carbonyl (C=O) groups is 1. The Bertz CT molecular complexity index is 771. The highest BCUT2D eigenvalue weighted by Gasteiger charge is 2.42. The van der Waals surface area contributed by atoms with Crippen LogP contribution in [0, 0.1) is 11.7 Å². The molecule has 164 valence electrons. The summed E-state index contributed by atoms with van der Waals surface area (Å²) in [5, 5.41) is 4.00. The van der Waals surface area contributed by atoms with Crippen LogP contribution in [-0.4, -0.2) is 73.6 Å². The van der Waals surface area contributed by atoms with Crippen molar-refractivity contribution in [3.8, 4) is 0 Å². The minimum absolute atomic E-state index is 0.0705. The number of amides is 1. The van der Waals surface area contributed by atoms with E-state index in [1.807, 2.05) is 11.8 Å². The third kappa shape index (κ3) is 4.72. The SMILES string of the molecule is CCN=C(NC1CC1c1c(F)cccc1Cl)N1CCC(C(=O)N2CCOCC2)CC1. The lowest BCUT2D eigenvalue weighted by atomic mass is 9.95. The molecule has 2 saturated heterocycles. The molecule has 0 bridgehead atoms. The monoisotopic (exact) mass is 436 g/mol. The highest BCUT2D eigenvalue weighted by molar-refractivity contribution is 6.31. The first-order chi connectivity index (χ1) is 14.6. The Labute approximate surface area is 182 Å². The summed E-state index contributed by atoms with van der Waals surface area (Å²) in [6, 6.07) is 4.98. The topological polar surface area (TPSA) is 57.2 Å². The number of rotatable bonds is 4. The Hall–Kier alpha value is -1.86. The number of hydrogen-bond acceptors (Lipinski definition) is 3. The number of guanidine groups is 1. The van der Waals surface area contributed by atoms with Crippen molar-refractivity contribution < 1.29 is 13.9 Å². The number of carbonyl (C=O) groups excluding carboxylic acids is 1. The van der Waals surface area contributed by atoms with E-state index in [4.69, 9.17) is 16.3 Å². The van der Waals surface area contributed by atoms with E-state index in [0.29, 0.717) is 43.4 Å². The van der Waals surface area contributed by atoms with Crippen LogP contribution in [0.1, 0.15) is 37.7 Å². The minimum atomic E-state index is -0.242. The number of hydrogen-bond donors (Lipinski definition) is 1. The summed E-state index contributed by atoms with van der Waals surface area (Å²) >= 11 is 6.23. The Morgan fingerprint density at radius 2 is 1.97 bits per heavy atom. The van der Waals surface area contributed by atoms with Crippen molar-refractivity contribution in [1.29, 1.82) is 0 Å². The van der Waals surface area contributed by atoms with Gasteiger partial charge in [-0.3, -0.25) is 9.79 Å². The van der Waals surface area contributed by atoms with Crippen LogP contribution in [0.2, 0.25) is 5.02 Å². The second-order valence-corrected chi connectivity index (χ2v) is 8.63. The van der Waals surface area contributed by atoms with Gasteiger partial charge >= 0.3 is 0 Å². The van der Waals surface area contributed by atoms with Crippen molar-refractivity contribution in [1.82, 2.24) is 15.1 Å². The van der Waals surface area contributed by atoms with Gasteiger partial charge in [0.1, 0.15) is 5.82 Å². The molecule has 4 rings (SSSR count). The average molecular weight is 437 g/mol. The fourth-order valence-electron chi connectivity index (χ4n) is 4.47. The number of nitrogens with zero attached hydrogens (tertiary/aromatic N) is 3. The number of nitrogens with one attached hydrogen (secondary N) is 1. The molecule has 6 nitrogen and oxygen atoms in total. The lowest BCUT2D eigenvalue weighted by Crippen LogP contribution is -2.50. The van der Waals surface area contributed by atoms with Crippen LogP contribution in [0.4, 0.5) is 4.39 Å². The van der Waals surface area contributed by atoms with Gasteiger partial charge in [0.05, 0.1) is 13.2 Å². The van der Waals surface area contributed by atoms with Crippen molar-refractivity contribution in [2.45, 2.75) is 38.1 Å². The van der Waals surface area contributed by atoms with Gasteiger partial charge in [-0.15, -0.1) is 0 Å². The first-order valence-electron chi connectivity index (χ1n) is 10.9. The third-order valence-corrected chi connectivity index (χ3v) is 6.58. The Morgan fingerprint density at radius 1 is 1.23 bits per heavy atom. The van der Waals surface area contributed by atoms with Crippen LogP contribution in [0.3, 0.4) is 0 Å². The van der Waals surface area contributed by atoms with E-state index in [-0.39, 0.29) is 29.6 Å². The van der Waals surface area contributed by atoms with Gasteiger partial charge < -0.3 is 19.9 Å². The number of ether oxygens (including phenoxy) is 1. The van der Waals surface area contributed by atoms with E-state index in [0.717, 1.165) is 38.3 Å². The Balaban J connectivity index is 1.33. The molecule has 2 heterocycles. The van der Waals surface area contributed by atoms with Gasteiger partial charge in [0.25, 0.3) is 0 Å². The predicted octanol–water partition coefficient (Wildman–Crippen LogP) is 2.87. The number of halogens is 2. The smallest absolute Gasteiger partial charge is 0.225 e. The average Bonchev–Trinajstić information content (AvgIpc) is 3.52. The van der Waals surface area contributed by atoms with E-state index in [2.05, 4.69) is 15.2 Å². The minimum Gasteiger partial charge on any atom is -0.378 e. The summed E-state index contributed by atoms with van der Waals surface area (Å²) in [5.74, 6) is 1.02. The fourth-order valence-corrected chi connectivity index (χ4v) is 4.77. The summed E-state index contributed by atoms with van der Waals surface area (Å²) in [6.45, 7) is 6.94. The summed E-state index contributed by atoms with van der Waals surface area (Å²) in [5.41, 5.74) is 0.599. The summed E-state index contributed by atoms with van der Waals surface area (Å²) < 4.78 is 19.6. The van der Waals surface area contributed by atoms with Crippen LogP contribution in [0.5, 0.6) is 0 Å². The number of morpholine rings is 1. The zero-order valence-corrected chi connectivity index (χ0v) is 18.2. The fraction of sp³-hybridized carbons (Fsp3) is 0.636. The molecule has 8 heteroatoms. The zero-order valence-electron chi connectivity index (χ0n) is 17.4. The lowest BCUT2D eigenvalue weighted by molar-refractivity contribution is -0.140. The molecule has 1 aliphatic carbocycles. The Morgan fingerprint density at radius 3 is 2.63 bits per heavy atom. The van der Waals surface area contributed by atoms with Gasteiger partial charge in [-0.05, 0) is 38.3 Å². The maximum Gasteiger partial charge on any atom is 0.225 e. The zero-order chi connectivity index (χ0) is 21.1. The van der Waals surface area contributed by atoms with Crippen molar-refractivity contribution in [2.75, 3.05) is 45.9 Å². The predicted molar refractivity (Wildman–Crippen MR) is 115 cm³/mol. The maximum absolute atomic E-state index is 14.2. The largest absolute Gasteiger partial charge is 0.378 e. The first kappa shape index (κ1) is 21.4. The molecule has 2 atom stereocenters. The van der Waals surface area contributed by atoms with Crippen LogP contribution in [0.25, 0.3) is 0 Å². The lowest BCUT2D eigenvalue weighted by Gasteiger charge is -2.37. The molecule has 0 aromatic heterocycles. The summed E-state index contributed by atoms with van der Waals surface area (Å²) in [6.07, 6.45) is 2.50. The summed E-state index contributed by atoms with van der Waals surface area (Å²) in [4.78, 5) is 21.6. The van der Waals surface area contributed by atoms with E-state index in [1.165, 1.54) is 6.07 Å². The van der Waals surface area contributed by atoms with Crippen molar-refractivity contribution in [2.24, 2.45) is 10.9 Å². The van der Waals surface area contributed by atoms with E-state index in [9.17, 15) is 9.18 Å².